The van der Waals surface area contributed by atoms with E-state index in [0.717, 1.165) is 40.1 Å². The topological polar surface area (TPSA) is 52.1 Å². The fraction of sp³-hybridized carbons (Fsp3) is 0.409. The van der Waals surface area contributed by atoms with Crippen LogP contribution in [0, 0.1) is 5.82 Å². The lowest BCUT2D eigenvalue weighted by molar-refractivity contribution is 0.0593. The molecule has 4 nitrogen and oxygen atoms in total. The molecule has 2 aromatic heterocycles. The van der Waals surface area contributed by atoms with Gasteiger partial charge in [0, 0.05) is 18.0 Å². The molecule has 3 rings (SSSR count). The average molecular weight is 401 g/mol. The Kier molecular flexibility index (Phi) is 6.73. The highest BCUT2D eigenvalue weighted by atomic mass is 32.1. The summed E-state index contributed by atoms with van der Waals surface area (Å²) in [7, 11) is 1.33. The van der Waals surface area contributed by atoms with E-state index in [9.17, 15) is 9.18 Å². The van der Waals surface area contributed by atoms with Crippen LogP contribution in [0.4, 0.5) is 4.39 Å². The van der Waals surface area contributed by atoms with Crippen molar-refractivity contribution in [3.63, 3.8) is 0 Å². The molecule has 1 aromatic carbocycles. The Bertz CT molecular complexity index is 970. The number of benzene rings is 1. The van der Waals surface area contributed by atoms with Gasteiger partial charge in [-0.1, -0.05) is 32.8 Å². The van der Waals surface area contributed by atoms with E-state index in [1.807, 2.05) is 6.07 Å². The van der Waals surface area contributed by atoms with Crippen molar-refractivity contribution in [2.24, 2.45) is 0 Å². The molecule has 0 fully saturated rings. The predicted octanol–water partition coefficient (Wildman–Crippen LogP) is 5.89. The highest BCUT2D eigenvalue weighted by Gasteiger charge is 2.18. The lowest BCUT2D eigenvalue weighted by Crippen LogP contribution is -2.06. The Morgan fingerprint density at radius 2 is 2.07 bits per heavy atom. The number of hydrogen-bond donors (Lipinski definition) is 0. The average Bonchev–Trinajstić information content (AvgIpc) is 3.12. The van der Waals surface area contributed by atoms with E-state index >= 15 is 0 Å². The maximum absolute atomic E-state index is 14.2. The van der Waals surface area contributed by atoms with Crippen LogP contribution in [0.25, 0.3) is 10.2 Å². The Morgan fingerprint density at radius 1 is 1.25 bits per heavy atom. The van der Waals surface area contributed by atoms with Crippen molar-refractivity contribution in [3.8, 4) is 0 Å². The zero-order valence-corrected chi connectivity index (χ0v) is 17.3. The zero-order chi connectivity index (χ0) is 20.1. The van der Waals surface area contributed by atoms with Crippen LogP contribution in [-0.2, 0) is 11.2 Å². The summed E-state index contributed by atoms with van der Waals surface area (Å²) in [5.74, 6) is -0.346. The fourth-order valence-electron chi connectivity index (χ4n) is 3.33. The molecule has 2 heterocycles. The molecule has 0 amide bonds. The van der Waals surface area contributed by atoms with E-state index in [0.29, 0.717) is 18.0 Å². The quantitative estimate of drug-likeness (QED) is 0.442. The first-order valence-electron chi connectivity index (χ1n) is 9.68. The maximum Gasteiger partial charge on any atom is 0.356 e. The predicted molar refractivity (Wildman–Crippen MR) is 111 cm³/mol. The minimum absolute atomic E-state index is 0.247. The Hall–Kier alpha value is -2.34. The molecule has 28 heavy (non-hydrogen) atoms. The van der Waals surface area contributed by atoms with E-state index in [1.165, 1.54) is 19.6 Å². The molecule has 0 saturated carbocycles. The number of nitrogens with zero attached hydrogens (tertiary/aromatic N) is 2. The second kappa shape index (κ2) is 9.24. The summed E-state index contributed by atoms with van der Waals surface area (Å²) in [5.41, 5.74) is 2.55. The lowest BCUT2D eigenvalue weighted by Gasteiger charge is -2.10. The largest absolute Gasteiger partial charge is 0.464 e. The highest BCUT2D eigenvalue weighted by molar-refractivity contribution is 7.18. The second-order valence-corrected chi connectivity index (χ2v) is 7.96. The number of rotatable bonds is 8. The van der Waals surface area contributed by atoms with Gasteiger partial charge in [-0.15, -0.1) is 11.3 Å². The number of carbonyl (C=O) groups excluding carboxylic acids is 1. The van der Waals surface area contributed by atoms with Crippen molar-refractivity contribution in [2.75, 3.05) is 7.11 Å². The van der Waals surface area contributed by atoms with Crippen molar-refractivity contribution in [1.29, 1.82) is 0 Å². The number of unbranched alkanes of at least 4 members (excludes halogenated alkanes) is 1. The second-order valence-electron chi connectivity index (χ2n) is 6.89. The number of thiazole rings is 1. The molecule has 6 heteroatoms. The van der Waals surface area contributed by atoms with E-state index in [4.69, 9.17) is 9.72 Å². The molecule has 0 radical (unpaired) electrons. The molecule has 3 aromatic rings. The molecule has 1 unspecified atom stereocenters. The SMILES string of the molecule is CCCCC(CC)c1nc2c(Cc3cccc(C(=O)OC)n3)cc(F)cc2s1. The number of fused-ring (bicyclic) bond motifs is 1. The number of esters is 1. The van der Waals surface area contributed by atoms with Gasteiger partial charge in [-0.3, -0.25) is 0 Å². The lowest BCUT2D eigenvalue weighted by atomic mass is 10.0. The van der Waals surface area contributed by atoms with Crippen molar-refractivity contribution >= 4 is 27.5 Å². The van der Waals surface area contributed by atoms with E-state index in [-0.39, 0.29) is 11.5 Å². The van der Waals surface area contributed by atoms with E-state index in [2.05, 4.69) is 18.8 Å². The van der Waals surface area contributed by atoms with Gasteiger partial charge in [-0.2, -0.15) is 0 Å². The standard InChI is InChI=1S/C22H25FN2O2S/c1-4-6-8-14(5-2)21-25-20-15(11-16(23)13-19(20)28-21)12-17-9-7-10-18(24-17)22(26)27-3/h7,9-11,13-14H,4-6,8,12H2,1-3H3. The number of pyridine rings is 1. The first-order chi connectivity index (χ1) is 13.5. The van der Waals surface area contributed by atoms with Crippen molar-refractivity contribution in [1.82, 2.24) is 9.97 Å². The maximum atomic E-state index is 14.2. The van der Waals surface area contributed by atoms with Gasteiger partial charge in [-0.25, -0.2) is 19.2 Å². The van der Waals surface area contributed by atoms with Gasteiger partial charge in [0.2, 0.25) is 0 Å². The Morgan fingerprint density at radius 3 is 2.79 bits per heavy atom. The number of aromatic nitrogens is 2. The van der Waals surface area contributed by atoms with Gasteiger partial charge >= 0.3 is 5.97 Å². The van der Waals surface area contributed by atoms with E-state index in [1.54, 1.807) is 29.5 Å². The molecule has 1 atom stereocenters. The van der Waals surface area contributed by atoms with Crippen molar-refractivity contribution in [2.45, 2.75) is 51.9 Å². The molecule has 0 aliphatic rings. The molecule has 0 saturated heterocycles. The van der Waals surface area contributed by atoms with Crippen LogP contribution in [0.1, 0.15) is 72.2 Å². The summed E-state index contributed by atoms with van der Waals surface area (Å²) in [6.07, 6.45) is 4.87. The van der Waals surface area contributed by atoms with Gasteiger partial charge in [0.05, 0.1) is 22.3 Å². The normalized spacial score (nSPS) is 12.3. The Balaban J connectivity index is 1.96. The molecule has 0 bridgehead atoms. The van der Waals surface area contributed by atoms with Gasteiger partial charge in [-0.05, 0) is 42.7 Å². The summed E-state index contributed by atoms with van der Waals surface area (Å²) in [6.45, 7) is 4.37. The molecule has 0 aliphatic carbocycles. The van der Waals surface area contributed by atoms with Crippen LogP contribution in [0.5, 0.6) is 0 Å². The summed E-state index contributed by atoms with van der Waals surface area (Å²) in [4.78, 5) is 21.0. The van der Waals surface area contributed by atoms with Gasteiger partial charge in [0.25, 0.3) is 0 Å². The minimum Gasteiger partial charge on any atom is -0.464 e. The van der Waals surface area contributed by atoms with Crippen molar-refractivity contribution in [3.05, 3.63) is 58.1 Å². The highest BCUT2D eigenvalue weighted by Crippen LogP contribution is 2.34. The van der Waals surface area contributed by atoms with Gasteiger partial charge < -0.3 is 4.74 Å². The van der Waals surface area contributed by atoms with E-state index < -0.39 is 5.97 Å². The third kappa shape index (κ3) is 4.55. The zero-order valence-electron chi connectivity index (χ0n) is 16.5. The molecular weight excluding hydrogens is 375 g/mol. The van der Waals surface area contributed by atoms with Crippen LogP contribution in [0.15, 0.2) is 30.3 Å². The third-order valence-electron chi connectivity index (χ3n) is 4.88. The first kappa shape index (κ1) is 20.4. The third-order valence-corrected chi connectivity index (χ3v) is 6.04. The van der Waals surface area contributed by atoms with Crippen LogP contribution >= 0.6 is 11.3 Å². The van der Waals surface area contributed by atoms with Crippen LogP contribution in [-0.4, -0.2) is 23.0 Å². The molecule has 0 aliphatic heterocycles. The molecular formula is C22H25FN2O2S. The smallest absolute Gasteiger partial charge is 0.356 e. The summed E-state index contributed by atoms with van der Waals surface area (Å²) in [5, 5.41) is 1.08. The summed E-state index contributed by atoms with van der Waals surface area (Å²) >= 11 is 1.59. The number of carbonyl (C=O) groups is 1. The summed E-state index contributed by atoms with van der Waals surface area (Å²) in [6, 6.07) is 8.27. The number of ether oxygens (including phenoxy) is 1. The van der Waals surface area contributed by atoms with Gasteiger partial charge in [0.15, 0.2) is 0 Å². The number of methoxy groups -OCH3 is 1. The number of hydrogen-bond acceptors (Lipinski definition) is 5. The molecule has 0 N–H and O–H groups in total. The Labute approximate surface area is 168 Å². The monoisotopic (exact) mass is 400 g/mol. The molecule has 148 valence electrons. The van der Waals surface area contributed by atoms with Gasteiger partial charge in [0.1, 0.15) is 11.5 Å². The molecule has 0 spiro atoms. The fourth-order valence-corrected chi connectivity index (χ4v) is 4.59. The number of halogens is 1. The van der Waals surface area contributed by atoms with Crippen LogP contribution in [0.2, 0.25) is 0 Å². The first-order valence-corrected chi connectivity index (χ1v) is 10.5. The summed E-state index contributed by atoms with van der Waals surface area (Å²) < 4.78 is 19.8. The van der Waals surface area contributed by atoms with Crippen LogP contribution in [0.3, 0.4) is 0 Å². The van der Waals surface area contributed by atoms with Crippen molar-refractivity contribution < 1.29 is 13.9 Å². The van der Waals surface area contributed by atoms with Crippen LogP contribution < -0.4 is 0 Å². The minimum atomic E-state index is -0.483.